The molecule has 0 aromatic heterocycles. The third kappa shape index (κ3) is 4.60. The van der Waals surface area contributed by atoms with Gasteiger partial charge >= 0.3 is 0 Å². The Bertz CT molecular complexity index is 625. The highest BCUT2D eigenvalue weighted by molar-refractivity contribution is 5.77. The van der Waals surface area contributed by atoms with E-state index in [-0.39, 0.29) is 19.1 Å². The van der Waals surface area contributed by atoms with Crippen molar-refractivity contribution in [2.45, 2.75) is 20.0 Å². The molecule has 0 fully saturated rings. The van der Waals surface area contributed by atoms with Crippen LogP contribution in [0.1, 0.15) is 16.7 Å². The summed E-state index contributed by atoms with van der Waals surface area (Å²) in [6.07, 6.45) is 0.797. The Labute approximate surface area is 130 Å². The number of benzene rings is 2. The summed E-state index contributed by atoms with van der Waals surface area (Å²) in [5.74, 6) is 0.375. The van der Waals surface area contributed by atoms with Gasteiger partial charge in [-0.05, 0) is 30.5 Å². The summed E-state index contributed by atoms with van der Waals surface area (Å²) in [4.78, 5) is 11.8. The van der Waals surface area contributed by atoms with Gasteiger partial charge in [-0.15, -0.1) is 0 Å². The number of amides is 1. The van der Waals surface area contributed by atoms with Crippen molar-refractivity contribution in [3.05, 3.63) is 65.2 Å². The molecule has 0 heterocycles. The minimum Gasteiger partial charge on any atom is -0.483 e. The Balaban J connectivity index is 1.75. The molecule has 0 radical (unpaired) electrons. The molecule has 0 aliphatic rings. The topological polar surface area (TPSA) is 58.6 Å². The monoisotopic (exact) mass is 299 g/mol. The van der Waals surface area contributed by atoms with Gasteiger partial charge in [0.05, 0.1) is 6.61 Å². The van der Waals surface area contributed by atoms with Gasteiger partial charge in [0.1, 0.15) is 5.75 Å². The second-order valence-electron chi connectivity index (χ2n) is 5.08. The summed E-state index contributed by atoms with van der Waals surface area (Å²) in [6.45, 7) is 2.48. The highest BCUT2D eigenvalue weighted by Gasteiger charge is 2.06. The van der Waals surface area contributed by atoms with E-state index in [1.165, 1.54) is 11.1 Å². The van der Waals surface area contributed by atoms with Crippen molar-refractivity contribution in [2.24, 2.45) is 0 Å². The van der Waals surface area contributed by atoms with Crippen LogP contribution in [-0.4, -0.2) is 24.2 Å². The first kappa shape index (κ1) is 16.0. The first-order valence-corrected chi connectivity index (χ1v) is 7.33. The van der Waals surface area contributed by atoms with E-state index in [9.17, 15) is 9.90 Å². The maximum Gasteiger partial charge on any atom is 0.257 e. The van der Waals surface area contributed by atoms with Crippen LogP contribution in [-0.2, 0) is 17.8 Å². The van der Waals surface area contributed by atoms with E-state index < -0.39 is 0 Å². The summed E-state index contributed by atoms with van der Waals surface area (Å²) >= 11 is 0. The second-order valence-corrected chi connectivity index (χ2v) is 5.08. The summed E-state index contributed by atoms with van der Waals surface area (Å²) in [6, 6.07) is 15.3. The Kier molecular flexibility index (Phi) is 5.98. The van der Waals surface area contributed by atoms with Gasteiger partial charge in [0, 0.05) is 12.1 Å². The fourth-order valence-electron chi connectivity index (χ4n) is 2.20. The van der Waals surface area contributed by atoms with Crippen LogP contribution in [0.25, 0.3) is 0 Å². The van der Waals surface area contributed by atoms with Gasteiger partial charge in [0.15, 0.2) is 6.61 Å². The summed E-state index contributed by atoms with van der Waals surface area (Å²) in [5, 5.41) is 12.0. The summed E-state index contributed by atoms with van der Waals surface area (Å²) < 4.78 is 5.44. The smallest absolute Gasteiger partial charge is 0.257 e. The fraction of sp³-hybridized carbons (Fsp3) is 0.278. The number of ether oxygens (including phenoxy) is 1. The number of rotatable bonds is 7. The molecule has 0 spiro atoms. The maximum absolute atomic E-state index is 11.8. The SMILES string of the molecule is Cc1ccccc1CCNC(=O)COc1ccccc1CO. The normalized spacial score (nSPS) is 10.3. The number of carbonyl (C=O) groups excluding carboxylic acids is 1. The average Bonchev–Trinajstić information content (AvgIpc) is 2.55. The molecule has 0 unspecified atom stereocenters. The molecule has 2 rings (SSSR count). The van der Waals surface area contributed by atoms with Crippen LogP contribution in [0.5, 0.6) is 5.75 Å². The first-order chi connectivity index (χ1) is 10.7. The molecule has 1 amide bonds. The zero-order chi connectivity index (χ0) is 15.8. The number of nitrogens with one attached hydrogen (secondary N) is 1. The number of hydrogen-bond acceptors (Lipinski definition) is 3. The van der Waals surface area contributed by atoms with Crippen LogP contribution in [0.4, 0.5) is 0 Å². The zero-order valence-electron chi connectivity index (χ0n) is 12.7. The lowest BCUT2D eigenvalue weighted by molar-refractivity contribution is -0.123. The third-order valence-corrected chi connectivity index (χ3v) is 3.48. The summed E-state index contributed by atoms with van der Waals surface area (Å²) in [7, 11) is 0. The van der Waals surface area contributed by atoms with E-state index in [2.05, 4.69) is 24.4 Å². The number of para-hydroxylation sites is 1. The van der Waals surface area contributed by atoms with Crippen molar-refractivity contribution in [3.63, 3.8) is 0 Å². The van der Waals surface area contributed by atoms with Gasteiger partial charge in [-0.25, -0.2) is 0 Å². The Hall–Kier alpha value is -2.33. The van der Waals surface area contributed by atoms with E-state index in [1.807, 2.05) is 24.3 Å². The first-order valence-electron chi connectivity index (χ1n) is 7.33. The molecule has 0 saturated heterocycles. The number of carbonyl (C=O) groups is 1. The Morgan fingerprint density at radius 2 is 1.77 bits per heavy atom. The van der Waals surface area contributed by atoms with Crippen LogP contribution < -0.4 is 10.1 Å². The number of aryl methyl sites for hydroxylation is 1. The van der Waals surface area contributed by atoms with Crippen molar-refractivity contribution in [1.29, 1.82) is 0 Å². The summed E-state index contributed by atoms with van der Waals surface area (Å²) in [5.41, 5.74) is 3.13. The largest absolute Gasteiger partial charge is 0.483 e. The number of hydrogen-bond donors (Lipinski definition) is 2. The van der Waals surface area contributed by atoms with Crippen molar-refractivity contribution < 1.29 is 14.6 Å². The molecule has 0 atom stereocenters. The maximum atomic E-state index is 11.8. The number of aliphatic hydroxyl groups is 1. The van der Waals surface area contributed by atoms with Crippen molar-refractivity contribution in [2.75, 3.05) is 13.2 Å². The van der Waals surface area contributed by atoms with Gasteiger partial charge in [0.25, 0.3) is 5.91 Å². The molecular formula is C18H21NO3. The fourth-order valence-corrected chi connectivity index (χ4v) is 2.20. The molecule has 0 aliphatic carbocycles. The molecule has 22 heavy (non-hydrogen) atoms. The molecule has 2 aromatic carbocycles. The lowest BCUT2D eigenvalue weighted by Gasteiger charge is -2.10. The molecule has 4 nitrogen and oxygen atoms in total. The highest BCUT2D eigenvalue weighted by Crippen LogP contribution is 2.17. The third-order valence-electron chi connectivity index (χ3n) is 3.48. The van der Waals surface area contributed by atoms with Crippen LogP contribution >= 0.6 is 0 Å². The standard InChI is InChI=1S/C18H21NO3/c1-14-6-2-3-7-15(14)10-11-19-18(21)13-22-17-9-5-4-8-16(17)12-20/h2-9,20H,10-13H2,1H3,(H,19,21). The van der Waals surface area contributed by atoms with Gasteiger partial charge in [-0.3, -0.25) is 4.79 Å². The van der Waals surface area contributed by atoms with Crippen molar-refractivity contribution >= 4 is 5.91 Å². The van der Waals surface area contributed by atoms with Crippen LogP contribution in [0.15, 0.2) is 48.5 Å². The Morgan fingerprint density at radius 1 is 1.09 bits per heavy atom. The van der Waals surface area contributed by atoms with Gasteiger partial charge in [-0.1, -0.05) is 42.5 Å². The predicted octanol–water partition coefficient (Wildman–Crippen LogP) is 2.23. The second kappa shape index (κ2) is 8.20. The molecule has 2 N–H and O–H groups in total. The molecule has 0 aliphatic heterocycles. The number of aliphatic hydroxyl groups excluding tert-OH is 1. The van der Waals surface area contributed by atoms with Crippen LogP contribution in [0.2, 0.25) is 0 Å². The quantitative estimate of drug-likeness (QED) is 0.824. The van der Waals surface area contributed by atoms with E-state index in [0.29, 0.717) is 17.9 Å². The zero-order valence-corrected chi connectivity index (χ0v) is 12.7. The minimum absolute atomic E-state index is 0.0508. The van der Waals surface area contributed by atoms with Crippen LogP contribution in [0, 0.1) is 6.92 Å². The van der Waals surface area contributed by atoms with E-state index in [1.54, 1.807) is 12.1 Å². The molecule has 0 bridgehead atoms. The van der Waals surface area contributed by atoms with Gasteiger partial charge < -0.3 is 15.2 Å². The van der Waals surface area contributed by atoms with E-state index in [0.717, 1.165) is 6.42 Å². The predicted molar refractivity (Wildman–Crippen MR) is 85.8 cm³/mol. The van der Waals surface area contributed by atoms with Gasteiger partial charge in [-0.2, -0.15) is 0 Å². The highest BCUT2D eigenvalue weighted by atomic mass is 16.5. The van der Waals surface area contributed by atoms with Gasteiger partial charge in [0.2, 0.25) is 0 Å². The van der Waals surface area contributed by atoms with Crippen molar-refractivity contribution in [3.8, 4) is 5.75 Å². The molecule has 0 saturated carbocycles. The van der Waals surface area contributed by atoms with Crippen molar-refractivity contribution in [1.82, 2.24) is 5.32 Å². The van der Waals surface area contributed by atoms with E-state index >= 15 is 0 Å². The Morgan fingerprint density at radius 3 is 2.50 bits per heavy atom. The van der Waals surface area contributed by atoms with Crippen LogP contribution in [0.3, 0.4) is 0 Å². The lowest BCUT2D eigenvalue weighted by Crippen LogP contribution is -2.30. The molecular weight excluding hydrogens is 278 g/mol. The molecule has 116 valence electrons. The minimum atomic E-state index is -0.165. The average molecular weight is 299 g/mol. The lowest BCUT2D eigenvalue weighted by atomic mass is 10.1. The van der Waals surface area contributed by atoms with E-state index in [4.69, 9.17) is 4.74 Å². The molecule has 4 heteroatoms. The molecule has 2 aromatic rings.